The van der Waals surface area contributed by atoms with E-state index >= 15 is 0 Å². The quantitative estimate of drug-likeness (QED) is 0.144. The van der Waals surface area contributed by atoms with Crippen LogP contribution in [0.25, 0.3) is 66.1 Å². The molecule has 1 unspecified atom stereocenters. The predicted molar refractivity (Wildman–Crippen MR) is 292 cm³/mol. The van der Waals surface area contributed by atoms with Crippen molar-refractivity contribution in [1.29, 1.82) is 0 Å². The summed E-state index contributed by atoms with van der Waals surface area (Å²) in [6.07, 6.45) is 0.978. The lowest BCUT2D eigenvalue weighted by Gasteiger charge is -2.31. The van der Waals surface area contributed by atoms with Gasteiger partial charge in [-0.3, -0.25) is 0 Å². The third-order valence-corrected chi connectivity index (χ3v) is 14.8. The number of fused-ring (bicyclic) bond motifs is 7. The summed E-state index contributed by atoms with van der Waals surface area (Å²) in [7, 11) is 0. The number of furan rings is 2. The van der Waals surface area contributed by atoms with Gasteiger partial charge in [-0.15, -0.1) is 0 Å². The van der Waals surface area contributed by atoms with Crippen LogP contribution >= 0.6 is 0 Å². The highest BCUT2D eigenvalue weighted by molar-refractivity contribution is 6.07. The predicted octanol–water partition coefficient (Wildman–Crippen LogP) is 18.7. The van der Waals surface area contributed by atoms with Crippen molar-refractivity contribution < 1.29 is 8.83 Å². The second-order valence-corrected chi connectivity index (χ2v) is 19.7. The number of para-hydroxylation sites is 2. The minimum absolute atomic E-state index is 0.0482. The molecule has 0 saturated heterocycles. The normalized spacial score (nSPS) is 15.2. The number of rotatable bonds is 9. The molecule has 4 heteroatoms. The zero-order valence-electron chi connectivity index (χ0n) is 39.4. The van der Waals surface area contributed by atoms with Gasteiger partial charge >= 0.3 is 0 Å². The van der Waals surface area contributed by atoms with Crippen LogP contribution in [0.15, 0.2) is 245 Å². The molecule has 1 aliphatic carbocycles. The van der Waals surface area contributed by atoms with E-state index in [-0.39, 0.29) is 10.8 Å². The Kier molecular flexibility index (Phi) is 9.67. The van der Waals surface area contributed by atoms with E-state index in [0.29, 0.717) is 0 Å². The summed E-state index contributed by atoms with van der Waals surface area (Å²) >= 11 is 0. The fourth-order valence-electron chi connectivity index (χ4n) is 11.5. The molecule has 12 aromatic rings. The van der Waals surface area contributed by atoms with Gasteiger partial charge in [-0.05, 0) is 148 Å². The second kappa shape index (κ2) is 16.3. The van der Waals surface area contributed by atoms with Crippen LogP contribution < -0.4 is 9.80 Å². The average Bonchev–Trinajstić information content (AvgIpc) is 4.04. The summed E-state index contributed by atoms with van der Waals surface area (Å²) in [4.78, 5) is 4.78. The van der Waals surface area contributed by atoms with Gasteiger partial charge in [-0.2, -0.15) is 0 Å². The molecule has 4 nitrogen and oxygen atoms in total. The van der Waals surface area contributed by atoms with Crippen LogP contribution in [0.1, 0.15) is 43.9 Å². The van der Waals surface area contributed by atoms with E-state index in [2.05, 4.69) is 243 Å². The molecule has 0 spiro atoms. The first-order chi connectivity index (χ1) is 34.3. The lowest BCUT2D eigenvalue weighted by molar-refractivity contribution is 0.425. The van der Waals surface area contributed by atoms with Crippen molar-refractivity contribution in [3.05, 3.63) is 253 Å². The van der Waals surface area contributed by atoms with Crippen LogP contribution in [0.5, 0.6) is 0 Å². The molecule has 1 aliphatic rings. The number of anilines is 6. The number of hydrogen-bond donors (Lipinski definition) is 0. The van der Waals surface area contributed by atoms with E-state index in [1.807, 2.05) is 24.3 Å². The Hall–Kier alpha value is -8.60. The average molecular weight is 903 g/mol. The van der Waals surface area contributed by atoms with E-state index in [4.69, 9.17) is 8.83 Å². The fraction of sp³-hybridized carbons (Fsp3) is 0.0909. The van der Waals surface area contributed by atoms with Crippen LogP contribution in [0, 0.1) is 0 Å². The minimum atomic E-state index is -0.266. The van der Waals surface area contributed by atoms with Gasteiger partial charge in [0.15, 0.2) is 0 Å². The van der Waals surface area contributed by atoms with E-state index < -0.39 is 0 Å². The highest BCUT2D eigenvalue weighted by atomic mass is 16.3. The number of hydrogen-bond acceptors (Lipinski definition) is 4. The first-order valence-electron chi connectivity index (χ1n) is 24.3. The molecule has 10 aromatic carbocycles. The molecule has 0 bridgehead atoms. The molecule has 0 aliphatic heterocycles. The Balaban J connectivity index is 0.915. The van der Waals surface area contributed by atoms with Crippen molar-refractivity contribution >= 4 is 78.0 Å². The smallest absolute Gasteiger partial charge is 0.135 e. The standard InChI is InChI=1S/C66H50N2O2/c1-65(2)43-66(3,48-26-32-51(33-27-48)67(49-28-22-46(23-29-49)44-14-6-4-7-15-44)52-35-38-63-57(40-52)55-18-10-12-20-61(55)69-63)60-42-54(34-37-59(60)65)68(50-30-24-47(25-31-50)45-16-8-5-9-17-45)53-36-39-64-58(41-53)56-19-11-13-21-62(56)70-64/h4-42H,43H2,1-3H3. The van der Waals surface area contributed by atoms with E-state index in [1.165, 1.54) is 38.9 Å². The maximum absolute atomic E-state index is 6.32. The van der Waals surface area contributed by atoms with Crippen molar-refractivity contribution in [2.45, 2.75) is 38.0 Å². The molecule has 0 amide bonds. The van der Waals surface area contributed by atoms with E-state index in [1.54, 1.807) is 0 Å². The van der Waals surface area contributed by atoms with Gasteiger partial charge in [-0.1, -0.05) is 160 Å². The summed E-state index contributed by atoms with van der Waals surface area (Å²) < 4.78 is 12.6. The maximum atomic E-state index is 6.32. The molecule has 70 heavy (non-hydrogen) atoms. The molecule has 0 radical (unpaired) electrons. The molecule has 0 saturated carbocycles. The minimum Gasteiger partial charge on any atom is -0.456 e. The van der Waals surface area contributed by atoms with E-state index in [0.717, 1.165) is 84.4 Å². The van der Waals surface area contributed by atoms with Crippen molar-refractivity contribution in [1.82, 2.24) is 0 Å². The van der Waals surface area contributed by atoms with Gasteiger partial charge in [0.25, 0.3) is 0 Å². The zero-order valence-corrected chi connectivity index (χ0v) is 39.4. The second-order valence-electron chi connectivity index (χ2n) is 19.7. The van der Waals surface area contributed by atoms with Crippen molar-refractivity contribution in [3.8, 4) is 22.3 Å². The van der Waals surface area contributed by atoms with Gasteiger partial charge in [0.05, 0.1) is 0 Å². The fourth-order valence-corrected chi connectivity index (χ4v) is 11.5. The SMILES string of the molecule is CC1(C)CC(C)(c2ccc(N(c3ccc(-c4ccccc4)cc3)c3ccc4oc5ccccc5c4c3)cc2)c2cc(N(c3ccc(-c4ccccc4)cc3)c3ccc4oc5ccccc5c4c3)ccc21. The summed E-state index contributed by atoms with van der Waals surface area (Å²) in [5, 5.41) is 4.43. The summed E-state index contributed by atoms with van der Waals surface area (Å²) in [5.41, 5.74) is 18.6. The highest BCUT2D eigenvalue weighted by Crippen LogP contribution is 2.55. The van der Waals surface area contributed by atoms with Crippen LogP contribution in [0.3, 0.4) is 0 Å². The van der Waals surface area contributed by atoms with Crippen molar-refractivity contribution in [2.24, 2.45) is 0 Å². The summed E-state index contributed by atoms with van der Waals surface area (Å²) in [5.74, 6) is 0. The highest BCUT2D eigenvalue weighted by Gasteiger charge is 2.46. The Bertz CT molecular complexity index is 3890. The Labute approximate surface area is 408 Å². The lowest BCUT2D eigenvalue weighted by Crippen LogP contribution is -2.23. The van der Waals surface area contributed by atoms with Crippen LogP contribution in [0.2, 0.25) is 0 Å². The molecule has 1 atom stereocenters. The first-order valence-corrected chi connectivity index (χ1v) is 24.3. The van der Waals surface area contributed by atoms with Crippen molar-refractivity contribution in [2.75, 3.05) is 9.80 Å². The molecule has 0 fully saturated rings. The largest absolute Gasteiger partial charge is 0.456 e. The molecule has 336 valence electrons. The summed E-state index contributed by atoms with van der Waals surface area (Å²) in [6, 6.07) is 85.4. The van der Waals surface area contributed by atoms with Crippen molar-refractivity contribution in [3.63, 3.8) is 0 Å². The van der Waals surface area contributed by atoms with Gasteiger partial charge in [-0.25, -0.2) is 0 Å². The Morgan fingerprint density at radius 1 is 0.314 bits per heavy atom. The molecule has 13 rings (SSSR count). The van der Waals surface area contributed by atoms with Crippen LogP contribution in [-0.4, -0.2) is 0 Å². The van der Waals surface area contributed by atoms with Gasteiger partial charge in [0.2, 0.25) is 0 Å². The Morgan fingerprint density at radius 3 is 1.19 bits per heavy atom. The Morgan fingerprint density at radius 2 is 0.686 bits per heavy atom. The molecule has 2 heterocycles. The van der Waals surface area contributed by atoms with Gasteiger partial charge in [0.1, 0.15) is 22.3 Å². The monoisotopic (exact) mass is 902 g/mol. The third-order valence-electron chi connectivity index (χ3n) is 14.8. The number of nitrogens with zero attached hydrogens (tertiary/aromatic N) is 2. The van der Waals surface area contributed by atoms with E-state index in [9.17, 15) is 0 Å². The van der Waals surface area contributed by atoms with Gasteiger partial charge < -0.3 is 18.6 Å². The maximum Gasteiger partial charge on any atom is 0.135 e. The number of benzene rings is 10. The zero-order chi connectivity index (χ0) is 47.0. The van der Waals surface area contributed by atoms with Crippen LogP contribution in [0.4, 0.5) is 34.1 Å². The first kappa shape index (κ1) is 41.6. The summed E-state index contributed by atoms with van der Waals surface area (Å²) in [6.45, 7) is 7.25. The molecule has 0 N–H and O–H groups in total. The molecular weight excluding hydrogens is 853 g/mol. The van der Waals surface area contributed by atoms with Gasteiger partial charge in [0, 0.05) is 61.1 Å². The van der Waals surface area contributed by atoms with Crippen LogP contribution in [-0.2, 0) is 10.8 Å². The third kappa shape index (κ3) is 6.98. The lowest BCUT2D eigenvalue weighted by atomic mass is 9.75. The molecule has 2 aromatic heterocycles. The topological polar surface area (TPSA) is 32.8 Å². The molecular formula is C66H50N2O2.